The molecule has 0 bridgehead atoms. The highest BCUT2D eigenvalue weighted by Gasteiger charge is 2.26. The van der Waals surface area contributed by atoms with E-state index < -0.39 is 10.0 Å². The third kappa shape index (κ3) is 5.01. The van der Waals surface area contributed by atoms with Gasteiger partial charge in [0.2, 0.25) is 10.0 Å². The Morgan fingerprint density at radius 3 is 2.53 bits per heavy atom. The number of imidazole rings is 1. The lowest BCUT2D eigenvalue weighted by atomic mass is 10.2. The largest absolute Gasteiger partial charge is 0.493 e. The standard InChI is InChI=1S/C23H33N5O5S/c1-5-9-20-24-18(7-3)21-23(30)25-22(26-28(20)21)17-15-16(10-11-19(17)33-8-4)34(31,32)27(12-6-2)13-14-29/h10-11,15,29H,5-9,12-14H2,1-4H3,(H,25,26,30). The first-order chi connectivity index (χ1) is 16.3. The normalized spacial score (nSPS) is 12.1. The Morgan fingerprint density at radius 1 is 1.15 bits per heavy atom. The fourth-order valence-corrected chi connectivity index (χ4v) is 5.44. The van der Waals surface area contributed by atoms with Crippen LogP contribution in [0.1, 0.15) is 52.1 Å². The Balaban J connectivity index is 2.24. The molecule has 0 saturated carbocycles. The number of H-pyrrole nitrogens is 1. The minimum atomic E-state index is -3.88. The minimum absolute atomic E-state index is 0.00499. The van der Waals surface area contributed by atoms with Gasteiger partial charge in [-0.15, -0.1) is 5.10 Å². The Kier molecular flexibility index (Phi) is 8.45. The summed E-state index contributed by atoms with van der Waals surface area (Å²) in [5.41, 5.74) is 1.08. The van der Waals surface area contributed by atoms with E-state index in [1.54, 1.807) is 10.6 Å². The van der Waals surface area contributed by atoms with E-state index in [0.717, 1.165) is 6.42 Å². The number of sulfonamides is 1. The highest BCUT2D eigenvalue weighted by molar-refractivity contribution is 7.89. The Labute approximate surface area is 199 Å². The third-order valence-corrected chi connectivity index (χ3v) is 7.31. The molecule has 0 aliphatic carbocycles. The summed E-state index contributed by atoms with van der Waals surface area (Å²) in [5, 5.41) is 14.0. The molecule has 11 heteroatoms. The van der Waals surface area contributed by atoms with Crippen LogP contribution in [-0.2, 0) is 22.9 Å². The fraction of sp³-hybridized carbons (Fsp3) is 0.522. The summed E-state index contributed by atoms with van der Waals surface area (Å²) in [6, 6.07) is 4.49. The minimum Gasteiger partial charge on any atom is -0.493 e. The molecular formula is C23H33N5O5S. The molecule has 0 unspecified atom stereocenters. The zero-order valence-corrected chi connectivity index (χ0v) is 21.0. The maximum absolute atomic E-state index is 13.3. The first-order valence-corrected chi connectivity index (χ1v) is 13.1. The number of hydrogen-bond acceptors (Lipinski definition) is 7. The predicted octanol–water partition coefficient (Wildman–Crippen LogP) is 2.39. The van der Waals surface area contributed by atoms with Crippen LogP contribution in [0.25, 0.3) is 16.9 Å². The van der Waals surface area contributed by atoms with E-state index in [9.17, 15) is 18.3 Å². The van der Waals surface area contributed by atoms with Crippen molar-refractivity contribution in [2.75, 3.05) is 26.3 Å². The van der Waals surface area contributed by atoms with Gasteiger partial charge < -0.3 is 14.8 Å². The Hall–Kier alpha value is -2.76. The quantitative estimate of drug-likeness (QED) is 0.398. The van der Waals surface area contributed by atoms with Crippen molar-refractivity contribution in [2.45, 2.75) is 58.3 Å². The number of aliphatic hydroxyl groups is 1. The fourth-order valence-electron chi connectivity index (χ4n) is 3.89. The van der Waals surface area contributed by atoms with Crippen LogP contribution >= 0.6 is 0 Å². The Bertz CT molecular complexity index is 1290. The van der Waals surface area contributed by atoms with Crippen molar-refractivity contribution < 1.29 is 18.3 Å². The van der Waals surface area contributed by atoms with Gasteiger partial charge in [0.25, 0.3) is 5.56 Å². The molecule has 186 valence electrons. The number of aromatic amines is 1. The van der Waals surface area contributed by atoms with Crippen LogP contribution in [0, 0.1) is 0 Å². The molecule has 0 radical (unpaired) electrons. The predicted molar refractivity (Wildman–Crippen MR) is 130 cm³/mol. The van der Waals surface area contributed by atoms with Gasteiger partial charge in [-0.3, -0.25) is 4.79 Å². The Morgan fingerprint density at radius 2 is 1.91 bits per heavy atom. The van der Waals surface area contributed by atoms with Gasteiger partial charge in [-0.1, -0.05) is 20.8 Å². The van der Waals surface area contributed by atoms with Crippen LogP contribution in [0.2, 0.25) is 0 Å². The molecule has 2 aromatic heterocycles. The molecule has 3 rings (SSSR count). The third-order valence-electron chi connectivity index (χ3n) is 5.42. The van der Waals surface area contributed by atoms with E-state index >= 15 is 0 Å². The van der Waals surface area contributed by atoms with E-state index in [1.165, 1.54) is 16.4 Å². The zero-order chi connectivity index (χ0) is 24.9. The lowest BCUT2D eigenvalue weighted by Gasteiger charge is -2.21. The average molecular weight is 492 g/mol. The van der Waals surface area contributed by atoms with Crippen molar-refractivity contribution in [3.63, 3.8) is 0 Å². The number of benzene rings is 1. The van der Waals surface area contributed by atoms with Gasteiger partial charge in [-0.2, -0.15) is 4.31 Å². The number of aromatic nitrogens is 4. The van der Waals surface area contributed by atoms with Gasteiger partial charge in [-0.25, -0.2) is 17.9 Å². The zero-order valence-electron chi connectivity index (χ0n) is 20.2. The molecule has 2 heterocycles. The van der Waals surface area contributed by atoms with Gasteiger partial charge in [0.05, 0.1) is 29.4 Å². The van der Waals surface area contributed by atoms with Gasteiger partial charge in [-0.05, 0) is 44.4 Å². The molecule has 0 atom stereocenters. The first kappa shape index (κ1) is 25.9. The molecule has 1 aromatic carbocycles. The van der Waals surface area contributed by atoms with E-state index in [1.807, 2.05) is 27.7 Å². The van der Waals surface area contributed by atoms with Crippen molar-refractivity contribution in [1.29, 1.82) is 0 Å². The van der Waals surface area contributed by atoms with Crippen molar-refractivity contribution in [1.82, 2.24) is 23.9 Å². The van der Waals surface area contributed by atoms with Gasteiger partial charge >= 0.3 is 0 Å². The monoisotopic (exact) mass is 491 g/mol. The van der Waals surface area contributed by atoms with E-state index in [4.69, 9.17) is 4.74 Å². The second kappa shape index (κ2) is 11.1. The smallest absolute Gasteiger partial charge is 0.277 e. The summed E-state index contributed by atoms with van der Waals surface area (Å²) in [5.74, 6) is 1.28. The van der Waals surface area contributed by atoms with Crippen molar-refractivity contribution in [3.05, 3.63) is 40.1 Å². The van der Waals surface area contributed by atoms with Crippen LogP contribution < -0.4 is 10.3 Å². The van der Waals surface area contributed by atoms with Crippen LogP contribution in [0.3, 0.4) is 0 Å². The molecule has 3 aromatic rings. The maximum atomic E-state index is 13.3. The maximum Gasteiger partial charge on any atom is 0.277 e. The van der Waals surface area contributed by atoms with Crippen molar-refractivity contribution in [3.8, 4) is 17.1 Å². The van der Waals surface area contributed by atoms with Crippen LogP contribution in [0.5, 0.6) is 5.75 Å². The first-order valence-electron chi connectivity index (χ1n) is 11.7. The molecule has 2 N–H and O–H groups in total. The molecule has 0 fully saturated rings. The van der Waals surface area contributed by atoms with Crippen LogP contribution in [0.15, 0.2) is 27.9 Å². The second-order valence-corrected chi connectivity index (χ2v) is 9.80. The molecule has 10 nitrogen and oxygen atoms in total. The van der Waals surface area contributed by atoms with Gasteiger partial charge in [0.15, 0.2) is 11.3 Å². The highest BCUT2D eigenvalue weighted by Crippen LogP contribution is 2.31. The molecule has 0 aliphatic rings. The SMILES string of the molecule is CCCc1nc(CC)c2c(=O)[nH]c(-c3cc(S(=O)(=O)N(CCC)CCO)ccc3OCC)nn12. The van der Waals surface area contributed by atoms with Gasteiger partial charge in [0.1, 0.15) is 11.6 Å². The number of fused-ring (bicyclic) bond motifs is 1. The number of nitrogens with one attached hydrogen (secondary N) is 1. The molecular weight excluding hydrogens is 458 g/mol. The summed E-state index contributed by atoms with van der Waals surface area (Å²) in [6.07, 6.45) is 2.68. The number of nitrogens with zero attached hydrogens (tertiary/aromatic N) is 4. The summed E-state index contributed by atoms with van der Waals surface area (Å²) >= 11 is 0. The number of ether oxygens (including phenoxy) is 1. The molecule has 0 spiro atoms. The number of aliphatic hydroxyl groups excluding tert-OH is 1. The van der Waals surface area contributed by atoms with Crippen LogP contribution in [0.4, 0.5) is 0 Å². The lowest BCUT2D eigenvalue weighted by Crippen LogP contribution is -2.34. The topological polar surface area (TPSA) is 130 Å². The van der Waals surface area contributed by atoms with Gasteiger partial charge in [0, 0.05) is 19.5 Å². The van der Waals surface area contributed by atoms with Crippen molar-refractivity contribution in [2.24, 2.45) is 0 Å². The molecule has 0 amide bonds. The summed E-state index contributed by atoms with van der Waals surface area (Å²) in [4.78, 5) is 20.5. The van der Waals surface area contributed by atoms with E-state index in [0.29, 0.717) is 54.2 Å². The summed E-state index contributed by atoms with van der Waals surface area (Å²) < 4.78 is 35.1. The lowest BCUT2D eigenvalue weighted by molar-refractivity contribution is 0.253. The number of aryl methyl sites for hydroxylation is 2. The van der Waals surface area contributed by atoms with Crippen LogP contribution in [-0.4, -0.2) is 63.7 Å². The van der Waals surface area contributed by atoms with Crippen molar-refractivity contribution >= 4 is 15.5 Å². The highest BCUT2D eigenvalue weighted by atomic mass is 32.2. The summed E-state index contributed by atoms with van der Waals surface area (Å²) in [6.45, 7) is 7.99. The second-order valence-electron chi connectivity index (χ2n) is 7.86. The molecule has 0 aliphatic heterocycles. The van der Waals surface area contributed by atoms with E-state index in [2.05, 4.69) is 15.1 Å². The summed E-state index contributed by atoms with van der Waals surface area (Å²) in [7, 11) is -3.88. The number of rotatable bonds is 12. The molecule has 34 heavy (non-hydrogen) atoms. The average Bonchev–Trinajstić information content (AvgIpc) is 3.17. The molecule has 0 saturated heterocycles. The number of hydrogen-bond donors (Lipinski definition) is 2. The van der Waals surface area contributed by atoms with E-state index in [-0.39, 0.29) is 36.0 Å².